The summed E-state index contributed by atoms with van der Waals surface area (Å²) < 4.78 is 11.4. The summed E-state index contributed by atoms with van der Waals surface area (Å²) in [4.78, 5) is 15.8. The van der Waals surface area contributed by atoms with Gasteiger partial charge in [-0.05, 0) is 81.9 Å². The topological polar surface area (TPSA) is 84.6 Å². The molecule has 6 heteroatoms. The number of rotatable bonds is 12. The molecule has 0 fully saturated rings. The van der Waals surface area contributed by atoms with Crippen LogP contribution in [0, 0.1) is 5.92 Å². The molecule has 166 valence electrons. The van der Waals surface area contributed by atoms with Gasteiger partial charge in [0.15, 0.2) is 17.1 Å². The molecule has 0 bridgehead atoms. The molecule has 31 heavy (non-hydrogen) atoms. The number of fused-ring (bicyclic) bond motifs is 1. The van der Waals surface area contributed by atoms with E-state index < -0.39 is 11.6 Å². The molecule has 0 saturated heterocycles. The van der Waals surface area contributed by atoms with E-state index >= 15 is 0 Å². The molecule has 1 unspecified atom stereocenters. The van der Waals surface area contributed by atoms with Gasteiger partial charge in [0.2, 0.25) is 0 Å². The predicted octanol–water partition coefficient (Wildman–Crippen LogP) is 4.86. The van der Waals surface area contributed by atoms with Crippen LogP contribution in [0.2, 0.25) is 0 Å². The highest BCUT2D eigenvalue weighted by molar-refractivity contribution is 5.76. The molecule has 0 saturated carbocycles. The lowest BCUT2D eigenvalue weighted by atomic mass is 10.0. The van der Waals surface area contributed by atoms with Crippen molar-refractivity contribution in [3.63, 3.8) is 0 Å². The van der Waals surface area contributed by atoms with Crippen LogP contribution in [-0.4, -0.2) is 34.8 Å². The zero-order chi connectivity index (χ0) is 22.3. The SMILES string of the molecule is CC(CCCNCCc1cccc(OC(C)(C)C(=O)O)c1)Cc1nc2ccccc2o1. The maximum atomic E-state index is 11.2. The largest absolute Gasteiger partial charge is 0.478 e. The lowest BCUT2D eigenvalue weighted by molar-refractivity contribution is -0.152. The van der Waals surface area contributed by atoms with Gasteiger partial charge >= 0.3 is 5.97 Å². The van der Waals surface area contributed by atoms with Gasteiger partial charge in [0.05, 0.1) is 0 Å². The summed E-state index contributed by atoms with van der Waals surface area (Å²) >= 11 is 0. The van der Waals surface area contributed by atoms with Crippen LogP contribution in [0.5, 0.6) is 5.75 Å². The number of carboxylic acid groups (broad SMARTS) is 1. The lowest BCUT2D eigenvalue weighted by Crippen LogP contribution is -2.37. The quantitative estimate of drug-likeness (QED) is 0.404. The van der Waals surface area contributed by atoms with E-state index in [2.05, 4.69) is 17.2 Å². The first-order valence-electron chi connectivity index (χ1n) is 10.9. The van der Waals surface area contributed by atoms with Crippen molar-refractivity contribution in [3.05, 3.63) is 60.0 Å². The van der Waals surface area contributed by atoms with Crippen LogP contribution in [-0.2, 0) is 17.6 Å². The number of nitrogens with zero attached hydrogens (tertiary/aromatic N) is 1. The van der Waals surface area contributed by atoms with Crippen LogP contribution in [0.3, 0.4) is 0 Å². The van der Waals surface area contributed by atoms with E-state index in [1.165, 1.54) is 0 Å². The molecule has 2 N–H and O–H groups in total. The second-order valence-corrected chi connectivity index (χ2v) is 8.59. The van der Waals surface area contributed by atoms with Gasteiger partial charge in [-0.2, -0.15) is 0 Å². The molecule has 0 spiro atoms. The number of carboxylic acids is 1. The van der Waals surface area contributed by atoms with Gasteiger partial charge in [-0.15, -0.1) is 0 Å². The zero-order valence-corrected chi connectivity index (χ0v) is 18.6. The summed E-state index contributed by atoms with van der Waals surface area (Å²) in [7, 11) is 0. The van der Waals surface area contributed by atoms with Crippen molar-refractivity contribution in [2.75, 3.05) is 13.1 Å². The monoisotopic (exact) mass is 424 g/mol. The van der Waals surface area contributed by atoms with E-state index in [1.54, 1.807) is 19.9 Å². The minimum atomic E-state index is -1.24. The standard InChI is InChI=1S/C25H32N2O4/c1-18(16-23-27-21-11-4-5-12-22(21)30-23)8-7-14-26-15-13-19-9-6-10-20(17-19)31-25(2,3)24(28)29/h4-6,9-12,17-18,26H,7-8,13-16H2,1-3H3,(H,28,29). The molecule has 0 aliphatic carbocycles. The summed E-state index contributed by atoms with van der Waals surface area (Å²) in [6.07, 6.45) is 3.92. The molecule has 0 aliphatic rings. The lowest BCUT2D eigenvalue weighted by Gasteiger charge is -2.21. The first kappa shape index (κ1) is 22.8. The average molecular weight is 425 g/mol. The molecular weight excluding hydrogens is 392 g/mol. The van der Waals surface area contributed by atoms with Gasteiger partial charge in [-0.3, -0.25) is 0 Å². The number of ether oxygens (including phenoxy) is 1. The number of aliphatic carboxylic acids is 1. The van der Waals surface area contributed by atoms with E-state index in [4.69, 9.17) is 9.15 Å². The van der Waals surface area contributed by atoms with Gasteiger partial charge in [0.25, 0.3) is 0 Å². The first-order valence-corrected chi connectivity index (χ1v) is 10.9. The van der Waals surface area contributed by atoms with E-state index in [0.29, 0.717) is 11.7 Å². The molecule has 1 heterocycles. The summed E-state index contributed by atoms with van der Waals surface area (Å²) in [5.41, 5.74) is 1.65. The van der Waals surface area contributed by atoms with Crippen LogP contribution < -0.4 is 10.1 Å². The molecule has 3 rings (SSSR count). The molecule has 0 amide bonds. The Morgan fingerprint density at radius 3 is 2.77 bits per heavy atom. The highest BCUT2D eigenvalue weighted by Crippen LogP contribution is 2.21. The second-order valence-electron chi connectivity index (χ2n) is 8.59. The normalized spacial score (nSPS) is 12.7. The summed E-state index contributed by atoms with van der Waals surface area (Å²) in [6.45, 7) is 7.16. The fourth-order valence-electron chi connectivity index (χ4n) is 3.44. The van der Waals surface area contributed by atoms with Crippen molar-refractivity contribution in [2.24, 2.45) is 5.92 Å². The summed E-state index contributed by atoms with van der Waals surface area (Å²) in [5.74, 6) is 0.930. The van der Waals surface area contributed by atoms with Crippen molar-refractivity contribution in [3.8, 4) is 5.75 Å². The number of oxazole rings is 1. The van der Waals surface area contributed by atoms with Crippen molar-refractivity contribution in [1.29, 1.82) is 0 Å². The zero-order valence-electron chi connectivity index (χ0n) is 18.6. The van der Waals surface area contributed by atoms with Crippen LogP contribution in [0.1, 0.15) is 45.1 Å². The first-order chi connectivity index (χ1) is 14.8. The minimum absolute atomic E-state index is 0.515. The van der Waals surface area contributed by atoms with E-state index in [-0.39, 0.29) is 0 Å². The Balaban J connectivity index is 1.34. The van der Waals surface area contributed by atoms with Crippen molar-refractivity contribution >= 4 is 17.1 Å². The number of benzene rings is 2. The molecule has 6 nitrogen and oxygen atoms in total. The highest BCUT2D eigenvalue weighted by Gasteiger charge is 2.29. The number of para-hydroxylation sites is 2. The van der Waals surface area contributed by atoms with E-state index in [1.807, 2.05) is 42.5 Å². The average Bonchev–Trinajstić information content (AvgIpc) is 3.12. The summed E-state index contributed by atoms with van der Waals surface area (Å²) in [6, 6.07) is 15.5. The Morgan fingerprint density at radius 2 is 2.00 bits per heavy atom. The Bertz CT molecular complexity index is 963. The van der Waals surface area contributed by atoms with Gasteiger partial charge in [0.1, 0.15) is 11.3 Å². The molecule has 2 aromatic carbocycles. The van der Waals surface area contributed by atoms with Gasteiger partial charge in [-0.25, -0.2) is 9.78 Å². The fourth-order valence-corrected chi connectivity index (χ4v) is 3.44. The molecule has 0 radical (unpaired) electrons. The van der Waals surface area contributed by atoms with Crippen molar-refractivity contribution in [1.82, 2.24) is 10.3 Å². The fraction of sp³-hybridized carbons (Fsp3) is 0.440. The molecule has 3 aromatic rings. The third kappa shape index (κ3) is 6.82. The van der Waals surface area contributed by atoms with Crippen LogP contribution in [0.4, 0.5) is 0 Å². The van der Waals surface area contributed by atoms with E-state index in [0.717, 1.165) is 61.3 Å². The number of hydrogen-bond acceptors (Lipinski definition) is 5. The van der Waals surface area contributed by atoms with Crippen LogP contribution in [0.15, 0.2) is 52.9 Å². The van der Waals surface area contributed by atoms with Crippen molar-refractivity contribution < 1.29 is 19.1 Å². The molecule has 0 aliphatic heterocycles. The number of carbonyl (C=O) groups is 1. The Kier molecular flexibility index (Phi) is 7.69. The maximum Gasteiger partial charge on any atom is 0.347 e. The van der Waals surface area contributed by atoms with Crippen molar-refractivity contribution in [2.45, 2.75) is 52.1 Å². The smallest absolute Gasteiger partial charge is 0.347 e. The van der Waals surface area contributed by atoms with E-state index in [9.17, 15) is 9.90 Å². The Hall–Kier alpha value is -2.86. The van der Waals surface area contributed by atoms with Gasteiger partial charge < -0.3 is 19.6 Å². The molecule has 1 aromatic heterocycles. The molecular formula is C25H32N2O4. The maximum absolute atomic E-state index is 11.2. The third-order valence-corrected chi connectivity index (χ3v) is 5.29. The van der Waals surface area contributed by atoms with Gasteiger partial charge in [-0.1, -0.05) is 31.2 Å². The number of hydrogen-bond donors (Lipinski definition) is 2. The Labute approximate surface area is 183 Å². The number of aromatic nitrogens is 1. The minimum Gasteiger partial charge on any atom is -0.478 e. The summed E-state index contributed by atoms with van der Waals surface area (Å²) in [5, 5.41) is 12.7. The third-order valence-electron chi connectivity index (χ3n) is 5.29. The molecule has 1 atom stereocenters. The second kappa shape index (κ2) is 10.4. The van der Waals surface area contributed by atoms with Gasteiger partial charge in [0, 0.05) is 6.42 Å². The number of nitrogens with one attached hydrogen (secondary N) is 1. The highest BCUT2D eigenvalue weighted by atomic mass is 16.5. The predicted molar refractivity (Wildman–Crippen MR) is 121 cm³/mol. The van der Waals surface area contributed by atoms with Crippen LogP contribution >= 0.6 is 0 Å². The Morgan fingerprint density at radius 1 is 1.19 bits per heavy atom. The van der Waals surface area contributed by atoms with Crippen LogP contribution in [0.25, 0.3) is 11.1 Å².